The van der Waals surface area contributed by atoms with Crippen molar-refractivity contribution in [2.45, 2.75) is 64.6 Å². The Kier molecular flexibility index (Phi) is 3.67. The first-order valence-corrected chi connectivity index (χ1v) is 8.62. The van der Waals surface area contributed by atoms with Gasteiger partial charge in [0, 0.05) is 19.0 Å². The second-order valence-corrected chi connectivity index (χ2v) is 6.96. The van der Waals surface area contributed by atoms with Gasteiger partial charge in [0.05, 0.1) is 13.1 Å². The van der Waals surface area contributed by atoms with Gasteiger partial charge < -0.3 is 4.57 Å². The highest BCUT2D eigenvalue weighted by atomic mass is 15.4. The van der Waals surface area contributed by atoms with Crippen molar-refractivity contribution in [1.29, 1.82) is 0 Å². The number of hydrogen-bond donors (Lipinski definition) is 0. The highest BCUT2D eigenvalue weighted by Gasteiger charge is 2.31. The molecule has 1 aliphatic heterocycles. The van der Waals surface area contributed by atoms with Gasteiger partial charge in [-0.25, -0.2) is 9.67 Å². The van der Waals surface area contributed by atoms with E-state index in [9.17, 15) is 0 Å². The second-order valence-electron chi connectivity index (χ2n) is 6.96. The zero-order chi connectivity index (χ0) is 16.0. The Morgan fingerprint density at radius 3 is 2.65 bits per heavy atom. The molecule has 2 aromatic rings. The van der Waals surface area contributed by atoms with Crippen LogP contribution in [0.3, 0.4) is 0 Å². The fourth-order valence-electron chi connectivity index (χ4n) is 3.64. The van der Waals surface area contributed by atoms with E-state index in [-0.39, 0.29) is 0 Å². The molecule has 0 amide bonds. The fraction of sp³-hybridized carbons (Fsp3) is 0.750. The fourth-order valence-corrected chi connectivity index (χ4v) is 3.64. The largest absolute Gasteiger partial charge is 0.317 e. The van der Waals surface area contributed by atoms with Gasteiger partial charge >= 0.3 is 0 Å². The smallest absolute Gasteiger partial charge is 0.147 e. The molecule has 124 valence electrons. The number of aryl methyl sites for hydroxylation is 2. The average molecular weight is 315 g/mol. The maximum atomic E-state index is 4.51. The molecule has 2 aromatic heterocycles. The van der Waals surface area contributed by atoms with E-state index in [0.29, 0.717) is 12.0 Å². The Balaban J connectivity index is 1.46. The van der Waals surface area contributed by atoms with E-state index in [1.807, 2.05) is 18.5 Å². The summed E-state index contributed by atoms with van der Waals surface area (Å²) in [5, 5.41) is 13.4. The summed E-state index contributed by atoms with van der Waals surface area (Å²) in [6.07, 6.45) is 4.99. The summed E-state index contributed by atoms with van der Waals surface area (Å²) in [6.45, 7) is 6.91. The molecule has 23 heavy (non-hydrogen) atoms. The lowest BCUT2D eigenvalue weighted by Gasteiger charge is -2.24. The predicted molar refractivity (Wildman–Crippen MR) is 85.9 cm³/mol. The van der Waals surface area contributed by atoms with Gasteiger partial charge in [0.2, 0.25) is 0 Å². The van der Waals surface area contributed by atoms with Crippen molar-refractivity contribution in [3.63, 3.8) is 0 Å². The van der Waals surface area contributed by atoms with Gasteiger partial charge in [-0.15, -0.1) is 10.2 Å². The topological polar surface area (TPSA) is 64.7 Å². The minimum absolute atomic E-state index is 0.510. The first-order valence-electron chi connectivity index (χ1n) is 8.62. The van der Waals surface area contributed by atoms with Crippen molar-refractivity contribution < 1.29 is 0 Å². The monoisotopic (exact) mass is 315 g/mol. The first kappa shape index (κ1) is 14.8. The Morgan fingerprint density at radius 1 is 1.13 bits per heavy atom. The molecule has 4 rings (SSSR count). The number of hydrogen-bond acceptors (Lipinski definition) is 5. The standard InChI is InChI=1S/C16H25N7/c1-11-17-12(2)23(20-11)9-14-5-4-8-22(14)10-15-18-19-16(21(15)3)13-6-7-13/h13-14H,4-10H2,1-3H3. The third kappa shape index (κ3) is 2.89. The van der Waals surface area contributed by atoms with E-state index in [4.69, 9.17) is 0 Å². The van der Waals surface area contributed by atoms with Crippen molar-refractivity contribution in [2.75, 3.05) is 6.54 Å². The van der Waals surface area contributed by atoms with Crippen LogP contribution in [0.1, 0.15) is 54.9 Å². The Labute approximate surface area is 136 Å². The highest BCUT2D eigenvalue weighted by molar-refractivity contribution is 5.08. The van der Waals surface area contributed by atoms with Crippen molar-refractivity contribution in [2.24, 2.45) is 7.05 Å². The maximum Gasteiger partial charge on any atom is 0.147 e. The summed E-state index contributed by atoms with van der Waals surface area (Å²) in [5.41, 5.74) is 0. The molecule has 1 saturated heterocycles. The van der Waals surface area contributed by atoms with Gasteiger partial charge in [-0.3, -0.25) is 4.90 Å². The summed E-state index contributed by atoms with van der Waals surface area (Å²) in [7, 11) is 2.11. The molecule has 0 bridgehead atoms. The Bertz CT molecular complexity index is 697. The van der Waals surface area contributed by atoms with Crippen LogP contribution in [0.5, 0.6) is 0 Å². The van der Waals surface area contributed by atoms with Crippen molar-refractivity contribution in [1.82, 2.24) is 34.4 Å². The molecule has 1 unspecified atom stereocenters. The van der Waals surface area contributed by atoms with Gasteiger partial charge in [0.15, 0.2) is 0 Å². The molecule has 7 heteroatoms. The molecule has 1 saturated carbocycles. The molecule has 3 heterocycles. The van der Waals surface area contributed by atoms with Crippen LogP contribution < -0.4 is 0 Å². The molecule has 0 aromatic carbocycles. The molecule has 0 N–H and O–H groups in total. The molecule has 0 radical (unpaired) electrons. The number of nitrogens with zero attached hydrogens (tertiary/aromatic N) is 7. The number of rotatable bonds is 5. The van der Waals surface area contributed by atoms with Crippen LogP contribution in [0.15, 0.2) is 0 Å². The Hall–Kier alpha value is -1.76. The van der Waals surface area contributed by atoms with Gasteiger partial charge in [0.25, 0.3) is 0 Å². The lowest BCUT2D eigenvalue weighted by molar-refractivity contribution is 0.211. The van der Waals surface area contributed by atoms with E-state index in [1.54, 1.807) is 0 Å². The number of aromatic nitrogens is 6. The normalized spacial score (nSPS) is 22.1. The maximum absolute atomic E-state index is 4.51. The van der Waals surface area contributed by atoms with E-state index in [1.165, 1.54) is 31.5 Å². The SMILES string of the molecule is Cc1nc(C)n(CC2CCCN2Cc2nnc(C3CC3)n2C)n1. The molecule has 2 aliphatic rings. The molecular formula is C16H25N7. The van der Waals surface area contributed by atoms with Gasteiger partial charge in [0.1, 0.15) is 23.3 Å². The second kappa shape index (κ2) is 5.70. The Morgan fingerprint density at radius 2 is 1.96 bits per heavy atom. The zero-order valence-corrected chi connectivity index (χ0v) is 14.2. The van der Waals surface area contributed by atoms with Gasteiger partial charge in [-0.05, 0) is 46.1 Å². The minimum Gasteiger partial charge on any atom is -0.317 e. The van der Waals surface area contributed by atoms with Crippen LogP contribution in [0.2, 0.25) is 0 Å². The van der Waals surface area contributed by atoms with Crippen LogP contribution >= 0.6 is 0 Å². The van der Waals surface area contributed by atoms with Crippen molar-refractivity contribution in [3.05, 3.63) is 23.3 Å². The molecular weight excluding hydrogens is 290 g/mol. The number of likely N-dealkylation sites (tertiary alicyclic amines) is 1. The summed E-state index contributed by atoms with van der Waals surface area (Å²) in [6, 6.07) is 0.510. The van der Waals surface area contributed by atoms with E-state index in [0.717, 1.165) is 37.1 Å². The zero-order valence-electron chi connectivity index (χ0n) is 14.2. The minimum atomic E-state index is 0.510. The van der Waals surface area contributed by atoms with Crippen LogP contribution in [0.25, 0.3) is 0 Å². The summed E-state index contributed by atoms with van der Waals surface area (Å²) >= 11 is 0. The molecule has 0 spiro atoms. The van der Waals surface area contributed by atoms with Gasteiger partial charge in [-0.1, -0.05) is 0 Å². The summed E-state index contributed by atoms with van der Waals surface area (Å²) < 4.78 is 4.25. The molecule has 1 atom stereocenters. The van der Waals surface area contributed by atoms with E-state index < -0.39 is 0 Å². The lowest BCUT2D eigenvalue weighted by atomic mass is 10.2. The van der Waals surface area contributed by atoms with Crippen LogP contribution in [-0.2, 0) is 20.1 Å². The average Bonchev–Trinajstić information content (AvgIpc) is 3.04. The highest BCUT2D eigenvalue weighted by Crippen LogP contribution is 2.38. The first-order chi connectivity index (χ1) is 11.1. The van der Waals surface area contributed by atoms with Crippen molar-refractivity contribution in [3.8, 4) is 0 Å². The van der Waals surface area contributed by atoms with Gasteiger partial charge in [-0.2, -0.15) is 5.10 Å². The van der Waals surface area contributed by atoms with E-state index >= 15 is 0 Å². The molecule has 2 fully saturated rings. The molecule has 1 aliphatic carbocycles. The van der Waals surface area contributed by atoms with Crippen LogP contribution in [-0.4, -0.2) is 47.0 Å². The quantitative estimate of drug-likeness (QED) is 0.838. The van der Waals surface area contributed by atoms with Crippen LogP contribution in [0, 0.1) is 13.8 Å². The third-order valence-corrected chi connectivity index (χ3v) is 5.13. The van der Waals surface area contributed by atoms with E-state index in [2.05, 4.69) is 36.8 Å². The third-order valence-electron chi connectivity index (χ3n) is 5.13. The summed E-state index contributed by atoms with van der Waals surface area (Å²) in [5.74, 6) is 4.76. The summed E-state index contributed by atoms with van der Waals surface area (Å²) in [4.78, 5) is 6.94. The van der Waals surface area contributed by atoms with Crippen LogP contribution in [0.4, 0.5) is 0 Å². The van der Waals surface area contributed by atoms with Crippen molar-refractivity contribution >= 4 is 0 Å². The predicted octanol–water partition coefficient (Wildman–Crippen LogP) is 1.57. The lowest BCUT2D eigenvalue weighted by Crippen LogP contribution is -2.34. The molecule has 7 nitrogen and oxygen atoms in total.